The highest BCUT2D eigenvalue weighted by Crippen LogP contribution is 2.38. The molecule has 0 saturated heterocycles. The monoisotopic (exact) mass is 207 g/mol. The second-order valence-electron chi connectivity index (χ2n) is 3.70. The molecule has 0 radical (unpaired) electrons. The molecule has 1 N–H and O–H groups in total. The topological polar surface area (TPSA) is 29.1 Å². The van der Waals surface area contributed by atoms with E-state index in [1.807, 2.05) is 38.1 Å². The molecule has 1 aromatic rings. The Morgan fingerprint density at radius 2 is 2.14 bits per heavy atom. The van der Waals surface area contributed by atoms with Crippen LogP contribution in [0.15, 0.2) is 29.2 Å². The fourth-order valence-corrected chi connectivity index (χ4v) is 2.66. The van der Waals surface area contributed by atoms with Crippen LogP contribution in [-0.2, 0) is 4.79 Å². The van der Waals surface area contributed by atoms with E-state index in [0.29, 0.717) is 0 Å². The van der Waals surface area contributed by atoms with E-state index in [1.54, 1.807) is 11.8 Å². The molecule has 1 aromatic carbocycles. The highest BCUT2D eigenvalue weighted by atomic mass is 32.2. The highest BCUT2D eigenvalue weighted by Gasteiger charge is 2.28. The van der Waals surface area contributed by atoms with Gasteiger partial charge in [0.2, 0.25) is 0 Å². The standard InChI is InChI=1S/C11H13NOS/c1-7(2)10(13)11-12-8-5-3-4-6-9(8)14-11/h3-7,11-12H,1-2H3. The third-order valence-electron chi connectivity index (χ3n) is 2.25. The van der Waals surface area contributed by atoms with Gasteiger partial charge in [0.1, 0.15) is 5.37 Å². The summed E-state index contributed by atoms with van der Waals surface area (Å²) in [6, 6.07) is 8.03. The minimum atomic E-state index is -0.0904. The molecular weight excluding hydrogens is 194 g/mol. The van der Waals surface area contributed by atoms with Crippen molar-refractivity contribution in [1.82, 2.24) is 0 Å². The molecule has 1 unspecified atom stereocenters. The zero-order chi connectivity index (χ0) is 10.1. The summed E-state index contributed by atoms with van der Waals surface area (Å²) in [4.78, 5) is 12.9. The number of rotatable bonds is 2. The number of para-hydroxylation sites is 1. The van der Waals surface area contributed by atoms with Crippen LogP contribution >= 0.6 is 11.8 Å². The number of Topliss-reactive ketones (excluding diaryl/α,β-unsaturated/α-hetero) is 1. The van der Waals surface area contributed by atoms with E-state index in [1.165, 1.54) is 4.90 Å². The Morgan fingerprint density at radius 3 is 2.79 bits per heavy atom. The predicted octanol–water partition coefficient (Wildman–Crippen LogP) is 2.76. The lowest BCUT2D eigenvalue weighted by Crippen LogP contribution is -2.26. The summed E-state index contributed by atoms with van der Waals surface area (Å²) in [5, 5.41) is 3.14. The largest absolute Gasteiger partial charge is 0.366 e. The Balaban J connectivity index is 2.16. The first-order chi connectivity index (χ1) is 6.68. The summed E-state index contributed by atoms with van der Waals surface area (Å²) in [6.45, 7) is 3.88. The molecule has 0 amide bonds. The molecule has 1 aliphatic heterocycles. The smallest absolute Gasteiger partial charge is 0.168 e. The summed E-state index contributed by atoms with van der Waals surface area (Å²) < 4.78 is 0. The van der Waals surface area contributed by atoms with Gasteiger partial charge in [-0.05, 0) is 12.1 Å². The van der Waals surface area contributed by atoms with Crippen molar-refractivity contribution in [3.8, 4) is 0 Å². The molecule has 1 atom stereocenters. The van der Waals surface area contributed by atoms with Gasteiger partial charge >= 0.3 is 0 Å². The van der Waals surface area contributed by atoms with Crippen molar-refractivity contribution < 1.29 is 4.79 Å². The van der Waals surface area contributed by atoms with E-state index in [2.05, 4.69) is 5.32 Å². The van der Waals surface area contributed by atoms with Crippen molar-refractivity contribution in [1.29, 1.82) is 0 Å². The Hall–Kier alpha value is -0.960. The maximum Gasteiger partial charge on any atom is 0.168 e. The van der Waals surface area contributed by atoms with Crippen molar-refractivity contribution in [2.24, 2.45) is 5.92 Å². The molecule has 2 rings (SSSR count). The lowest BCUT2D eigenvalue weighted by Gasteiger charge is -2.11. The number of hydrogen-bond acceptors (Lipinski definition) is 3. The zero-order valence-corrected chi connectivity index (χ0v) is 9.10. The quantitative estimate of drug-likeness (QED) is 0.808. The van der Waals surface area contributed by atoms with Crippen LogP contribution in [0.25, 0.3) is 0 Å². The molecular formula is C11H13NOS. The number of benzene rings is 1. The number of fused-ring (bicyclic) bond motifs is 1. The number of anilines is 1. The van der Waals surface area contributed by atoms with E-state index in [4.69, 9.17) is 0 Å². The van der Waals surface area contributed by atoms with E-state index in [0.717, 1.165) is 5.69 Å². The van der Waals surface area contributed by atoms with Crippen LogP contribution < -0.4 is 5.32 Å². The van der Waals surface area contributed by atoms with Crippen LogP contribution in [0.2, 0.25) is 0 Å². The average molecular weight is 207 g/mol. The molecule has 0 bridgehead atoms. The maximum atomic E-state index is 11.7. The molecule has 1 aliphatic rings. The Bertz CT molecular complexity index is 337. The SMILES string of the molecule is CC(C)C(=O)C1Nc2ccccc2S1. The molecule has 0 saturated carbocycles. The molecule has 3 heteroatoms. The molecule has 0 fully saturated rings. The third-order valence-corrected chi connectivity index (χ3v) is 3.44. The second-order valence-corrected chi connectivity index (χ2v) is 4.84. The highest BCUT2D eigenvalue weighted by molar-refractivity contribution is 8.01. The van der Waals surface area contributed by atoms with Crippen molar-refractivity contribution in [3.63, 3.8) is 0 Å². The van der Waals surface area contributed by atoms with Gasteiger partial charge < -0.3 is 5.32 Å². The average Bonchev–Trinajstić information content (AvgIpc) is 2.59. The minimum absolute atomic E-state index is 0.0904. The summed E-state index contributed by atoms with van der Waals surface area (Å²) in [7, 11) is 0. The molecule has 74 valence electrons. The fraction of sp³-hybridized carbons (Fsp3) is 0.364. The predicted molar refractivity (Wildman–Crippen MR) is 59.6 cm³/mol. The molecule has 14 heavy (non-hydrogen) atoms. The van der Waals surface area contributed by atoms with Gasteiger partial charge in [-0.3, -0.25) is 4.79 Å². The van der Waals surface area contributed by atoms with Gasteiger partial charge in [-0.1, -0.05) is 37.7 Å². The van der Waals surface area contributed by atoms with Crippen LogP contribution in [0.4, 0.5) is 5.69 Å². The summed E-state index contributed by atoms with van der Waals surface area (Å²) in [5.41, 5.74) is 1.08. The minimum Gasteiger partial charge on any atom is -0.366 e. The van der Waals surface area contributed by atoms with Gasteiger partial charge in [0.15, 0.2) is 5.78 Å². The van der Waals surface area contributed by atoms with Crippen molar-refractivity contribution in [2.45, 2.75) is 24.1 Å². The lowest BCUT2D eigenvalue weighted by atomic mass is 10.1. The van der Waals surface area contributed by atoms with Crippen LogP contribution in [0.3, 0.4) is 0 Å². The number of carbonyl (C=O) groups is 1. The Labute approximate surface area is 88.1 Å². The Morgan fingerprint density at radius 1 is 1.43 bits per heavy atom. The Kier molecular flexibility index (Phi) is 2.50. The van der Waals surface area contributed by atoms with Gasteiger partial charge in [-0.25, -0.2) is 0 Å². The van der Waals surface area contributed by atoms with E-state index >= 15 is 0 Å². The molecule has 1 heterocycles. The van der Waals surface area contributed by atoms with Gasteiger partial charge in [0.25, 0.3) is 0 Å². The lowest BCUT2D eigenvalue weighted by molar-refractivity contribution is -0.120. The van der Waals surface area contributed by atoms with Crippen molar-refractivity contribution in [3.05, 3.63) is 24.3 Å². The third kappa shape index (κ3) is 1.64. The number of carbonyl (C=O) groups excluding carboxylic acids is 1. The summed E-state index contributed by atoms with van der Waals surface area (Å²) >= 11 is 1.61. The number of nitrogens with one attached hydrogen (secondary N) is 1. The number of thioether (sulfide) groups is 1. The summed E-state index contributed by atoms with van der Waals surface area (Å²) in [5.74, 6) is 0.362. The molecule has 0 spiro atoms. The van der Waals surface area contributed by atoms with E-state index in [-0.39, 0.29) is 17.1 Å². The molecule has 0 aromatic heterocycles. The first-order valence-electron chi connectivity index (χ1n) is 4.74. The van der Waals surface area contributed by atoms with Gasteiger partial charge in [-0.2, -0.15) is 0 Å². The maximum absolute atomic E-state index is 11.7. The summed E-state index contributed by atoms with van der Waals surface area (Å²) in [6.07, 6.45) is 0. The van der Waals surface area contributed by atoms with Gasteiger partial charge in [0.05, 0.1) is 0 Å². The van der Waals surface area contributed by atoms with Crippen LogP contribution in [0.5, 0.6) is 0 Å². The number of ketones is 1. The van der Waals surface area contributed by atoms with E-state index in [9.17, 15) is 4.79 Å². The molecule has 0 aliphatic carbocycles. The molecule has 2 nitrogen and oxygen atoms in total. The van der Waals surface area contributed by atoms with Gasteiger partial charge in [-0.15, -0.1) is 0 Å². The van der Waals surface area contributed by atoms with Crippen LogP contribution in [-0.4, -0.2) is 11.2 Å². The zero-order valence-electron chi connectivity index (χ0n) is 8.28. The fourth-order valence-electron chi connectivity index (χ4n) is 1.42. The van der Waals surface area contributed by atoms with Gasteiger partial charge in [0, 0.05) is 16.5 Å². The first-order valence-corrected chi connectivity index (χ1v) is 5.62. The van der Waals surface area contributed by atoms with Crippen molar-refractivity contribution >= 4 is 23.2 Å². The van der Waals surface area contributed by atoms with Crippen LogP contribution in [0, 0.1) is 5.92 Å². The second kappa shape index (κ2) is 3.65. The van der Waals surface area contributed by atoms with E-state index < -0.39 is 0 Å². The number of hydrogen-bond donors (Lipinski definition) is 1. The normalized spacial score (nSPS) is 19.2. The first kappa shape index (κ1) is 9.59. The van der Waals surface area contributed by atoms with Crippen molar-refractivity contribution in [2.75, 3.05) is 5.32 Å². The van der Waals surface area contributed by atoms with Crippen LogP contribution in [0.1, 0.15) is 13.8 Å².